The average Bonchev–Trinajstić information content (AvgIpc) is 2.22. The summed E-state index contributed by atoms with van der Waals surface area (Å²) in [6.07, 6.45) is 0. The summed E-state index contributed by atoms with van der Waals surface area (Å²) < 4.78 is 5.27. The van der Waals surface area contributed by atoms with Crippen LogP contribution in [-0.4, -0.2) is 18.3 Å². The minimum Gasteiger partial charge on any atom is -0.493 e. The highest BCUT2D eigenvalue weighted by atomic mass is 35.5. The van der Waals surface area contributed by atoms with Crippen LogP contribution in [0.2, 0.25) is 10.0 Å². The van der Waals surface area contributed by atoms with Crippen LogP contribution in [0.15, 0.2) is 12.1 Å². The van der Waals surface area contributed by atoms with Crippen molar-refractivity contribution in [2.24, 2.45) is 0 Å². The second-order valence-electron chi connectivity index (χ2n) is 2.75. The van der Waals surface area contributed by atoms with Gasteiger partial charge in [-0.05, 0) is 13.0 Å². The van der Waals surface area contributed by atoms with E-state index in [1.54, 1.807) is 0 Å². The summed E-state index contributed by atoms with van der Waals surface area (Å²) >= 11 is 17.1. The van der Waals surface area contributed by atoms with Crippen LogP contribution in [0.5, 0.6) is 5.75 Å². The lowest BCUT2D eigenvalue weighted by molar-refractivity contribution is 0.101. The number of alkyl halides is 1. The molecule has 0 heterocycles. The monoisotopic (exact) mass is 266 g/mol. The molecule has 0 amide bonds. The Labute approximate surface area is 103 Å². The van der Waals surface area contributed by atoms with Gasteiger partial charge in [0.2, 0.25) is 0 Å². The summed E-state index contributed by atoms with van der Waals surface area (Å²) in [5.74, 6) is 0.0640. The van der Waals surface area contributed by atoms with Gasteiger partial charge >= 0.3 is 0 Å². The van der Waals surface area contributed by atoms with Crippen LogP contribution in [-0.2, 0) is 0 Å². The Kier molecular flexibility index (Phi) is 4.71. The highest BCUT2D eigenvalue weighted by Gasteiger charge is 2.14. The molecule has 0 atom stereocenters. The van der Waals surface area contributed by atoms with Crippen molar-refractivity contribution >= 4 is 40.6 Å². The molecule has 0 aliphatic heterocycles. The van der Waals surface area contributed by atoms with Crippen molar-refractivity contribution in [1.82, 2.24) is 0 Å². The topological polar surface area (TPSA) is 26.3 Å². The Hall–Kier alpha value is -0.440. The number of rotatable bonds is 4. The van der Waals surface area contributed by atoms with E-state index >= 15 is 0 Å². The molecule has 15 heavy (non-hydrogen) atoms. The molecule has 0 spiro atoms. The smallest absolute Gasteiger partial charge is 0.181 e. The van der Waals surface area contributed by atoms with Gasteiger partial charge in [0, 0.05) is 6.07 Å². The van der Waals surface area contributed by atoms with E-state index < -0.39 is 0 Å². The maximum Gasteiger partial charge on any atom is 0.181 e. The first-order valence-electron chi connectivity index (χ1n) is 4.31. The summed E-state index contributed by atoms with van der Waals surface area (Å²) in [6.45, 7) is 2.26. The fourth-order valence-corrected chi connectivity index (χ4v) is 1.55. The number of benzene rings is 1. The molecule has 82 valence electrons. The maximum atomic E-state index is 11.5. The molecule has 0 saturated heterocycles. The van der Waals surface area contributed by atoms with Gasteiger partial charge in [0.15, 0.2) is 5.78 Å². The predicted octanol–water partition coefficient (Wildman–Crippen LogP) is 3.81. The fourth-order valence-electron chi connectivity index (χ4n) is 1.09. The first-order valence-corrected chi connectivity index (χ1v) is 5.60. The summed E-state index contributed by atoms with van der Waals surface area (Å²) in [6, 6.07) is 2.99. The second kappa shape index (κ2) is 5.59. The number of hydrogen-bond acceptors (Lipinski definition) is 2. The molecule has 0 aliphatic carbocycles. The highest BCUT2D eigenvalue weighted by molar-refractivity contribution is 6.42. The summed E-state index contributed by atoms with van der Waals surface area (Å²) in [5.41, 5.74) is 0.362. The number of hydrogen-bond donors (Lipinski definition) is 0. The van der Waals surface area contributed by atoms with Crippen LogP contribution in [0, 0.1) is 0 Å². The first kappa shape index (κ1) is 12.6. The third-order valence-corrected chi connectivity index (χ3v) is 2.71. The standard InChI is InChI=1S/C10H9Cl3O2/c1-2-15-10-4-8(13)7(12)3-6(10)9(14)5-11/h3-4H,2,5H2,1H3. The van der Waals surface area contributed by atoms with Crippen LogP contribution in [0.4, 0.5) is 0 Å². The van der Waals surface area contributed by atoms with E-state index in [2.05, 4.69) is 0 Å². The Morgan fingerprint density at radius 2 is 1.93 bits per heavy atom. The largest absolute Gasteiger partial charge is 0.493 e. The van der Waals surface area contributed by atoms with Gasteiger partial charge in [0.25, 0.3) is 0 Å². The van der Waals surface area contributed by atoms with Crippen molar-refractivity contribution in [2.45, 2.75) is 6.92 Å². The minimum absolute atomic E-state index is 0.113. The van der Waals surface area contributed by atoms with E-state index in [-0.39, 0.29) is 11.7 Å². The van der Waals surface area contributed by atoms with Gasteiger partial charge in [-0.2, -0.15) is 0 Å². The third-order valence-electron chi connectivity index (χ3n) is 1.74. The van der Waals surface area contributed by atoms with Gasteiger partial charge < -0.3 is 4.74 Å². The molecule has 0 N–H and O–H groups in total. The van der Waals surface area contributed by atoms with E-state index in [4.69, 9.17) is 39.5 Å². The molecule has 0 bridgehead atoms. The van der Waals surface area contributed by atoms with Crippen LogP contribution in [0.3, 0.4) is 0 Å². The molecule has 0 saturated carbocycles. The number of halogens is 3. The SMILES string of the molecule is CCOc1cc(Cl)c(Cl)cc1C(=O)CCl. The third kappa shape index (κ3) is 3.00. The van der Waals surface area contributed by atoms with Gasteiger partial charge in [-0.25, -0.2) is 0 Å². The molecule has 0 fully saturated rings. The molecule has 2 nitrogen and oxygen atoms in total. The van der Waals surface area contributed by atoms with Crippen molar-refractivity contribution in [3.8, 4) is 5.75 Å². The van der Waals surface area contributed by atoms with Crippen LogP contribution in [0.25, 0.3) is 0 Å². The van der Waals surface area contributed by atoms with Crippen LogP contribution >= 0.6 is 34.8 Å². The first-order chi connectivity index (χ1) is 7.10. The second-order valence-corrected chi connectivity index (χ2v) is 3.83. The normalized spacial score (nSPS) is 10.1. The predicted molar refractivity (Wildman–Crippen MR) is 62.7 cm³/mol. The number of ketones is 1. The Morgan fingerprint density at radius 3 is 2.47 bits per heavy atom. The van der Waals surface area contributed by atoms with Crippen LogP contribution in [0.1, 0.15) is 17.3 Å². The van der Waals surface area contributed by atoms with E-state index in [1.165, 1.54) is 12.1 Å². The van der Waals surface area contributed by atoms with Crippen molar-refractivity contribution in [1.29, 1.82) is 0 Å². The number of ether oxygens (including phenoxy) is 1. The molecular formula is C10H9Cl3O2. The molecular weight excluding hydrogens is 258 g/mol. The molecule has 1 aromatic rings. The fraction of sp³-hybridized carbons (Fsp3) is 0.300. The van der Waals surface area contributed by atoms with Gasteiger partial charge in [0.1, 0.15) is 5.75 Å². The lowest BCUT2D eigenvalue weighted by atomic mass is 10.1. The summed E-state index contributed by atoms with van der Waals surface area (Å²) in [4.78, 5) is 11.5. The van der Waals surface area contributed by atoms with E-state index in [1.807, 2.05) is 6.92 Å². The van der Waals surface area contributed by atoms with Crippen molar-refractivity contribution in [2.75, 3.05) is 12.5 Å². The average molecular weight is 268 g/mol. The lowest BCUT2D eigenvalue weighted by Crippen LogP contribution is -2.05. The molecule has 0 aliphatic rings. The number of Topliss-reactive ketones (excluding diaryl/α,β-unsaturated/α-hetero) is 1. The van der Waals surface area contributed by atoms with Crippen LogP contribution < -0.4 is 4.74 Å². The van der Waals surface area contributed by atoms with Crippen molar-refractivity contribution in [3.05, 3.63) is 27.7 Å². The van der Waals surface area contributed by atoms with Crippen molar-refractivity contribution < 1.29 is 9.53 Å². The highest BCUT2D eigenvalue weighted by Crippen LogP contribution is 2.31. The molecule has 1 aromatic carbocycles. The Balaban J connectivity index is 3.21. The van der Waals surface area contributed by atoms with Gasteiger partial charge in [-0.3, -0.25) is 4.79 Å². The zero-order valence-electron chi connectivity index (χ0n) is 8.02. The molecule has 0 unspecified atom stereocenters. The Morgan fingerprint density at radius 1 is 1.33 bits per heavy atom. The van der Waals surface area contributed by atoms with Crippen molar-refractivity contribution in [3.63, 3.8) is 0 Å². The molecule has 0 radical (unpaired) electrons. The zero-order valence-corrected chi connectivity index (χ0v) is 10.3. The van der Waals surface area contributed by atoms with Gasteiger partial charge in [0.05, 0.1) is 28.1 Å². The number of carbonyl (C=O) groups is 1. The van der Waals surface area contributed by atoms with Gasteiger partial charge in [-0.1, -0.05) is 23.2 Å². The molecule has 5 heteroatoms. The maximum absolute atomic E-state index is 11.5. The summed E-state index contributed by atoms with van der Waals surface area (Å²) in [5, 5.41) is 0.667. The quantitative estimate of drug-likeness (QED) is 0.612. The number of carbonyl (C=O) groups excluding carboxylic acids is 1. The van der Waals surface area contributed by atoms with E-state index in [9.17, 15) is 4.79 Å². The van der Waals surface area contributed by atoms with E-state index in [0.717, 1.165) is 0 Å². The molecule has 0 aromatic heterocycles. The summed E-state index contributed by atoms with van der Waals surface area (Å²) in [7, 11) is 0. The minimum atomic E-state index is -0.237. The van der Waals surface area contributed by atoms with E-state index in [0.29, 0.717) is 28.0 Å². The van der Waals surface area contributed by atoms with Gasteiger partial charge in [-0.15, -0.1) is 11.6 Å². The molecule has 1 rings (SSSR count). The lowest BCUT2D eigenvalue weighted by Gasteiger charge is -2.09. The Bertz CT molecular complexity index is 377. The zero-order chi connectivity index (χ0) is 11.4.